The predicted octanol–water partition coefficient (Wildman–Crippen LogP) is 7.03. The van der Waals surface area contributed by atoms with Gasteiger partial charge in [0.15, 0.2) is 0 Å². The first-order chi connectivity index (χ1) is 9.08. The molecule has 0 rings (SSSR count). The first-order valence-corrected chi connectivity index (χ1v) is 7.29. The number of rotatable bonds is 4. The summed E-state index contributed by atoms with van der Waals surface area (Å²) < 4.78 is 0. The summed E-state index contributed by atoms with van der Waals surface area (Å²) in [6.07, 6.45) is 13.6. The van der Waals surface area contributed by atoms with E-state index in [0.717, 1.165) is 6.42 Å². The van der Waals surface area contributed by atoms with Gasteiger partial charge in [0.1, 0.15) is 0 Å². The molecule has 0 fully saturated rings. The van der Waals surface area contributed by atoms with E-state index in [0.29, 0.717) is 0 Å². The van der Waals surface area contributed by atoms with E-state index in [9.17, 15) is 0 Å². The number of hydrogen-bond acceptors (Lipinski definition) is 0. The summed E-state index contributed by atoms with van der Waals surface area (Å²) >= 11 is 0. The van der Waals surface area contributed by atoms with Gasteiger partial charge in [0.25, 0.3) is 0 Å². The van der Waals surface area contributed by atoms with E-state index in [2.05, 4.69) is 64.7 Å². The Balaban J connectivity index is -0.000000445. The molecule has 0 spiro atoms. The second kappa shape index (κ2) is 19.0. The Hall–Kier alpha value is -1.30. The molecule has 0 saturated heterocycles. The molecule has 0 aromatic heterocycles. The van der Waals surface area contributed by atoms with Crippen molar-refractivity contribution in [2.45, 2.75) is 61.8 Å². The van der Waals surface area contributed by atoms with Crippen LogP contribution in [0.15, 0.2) is 59.8 Å². The molecule has 0 heteroatoms. The molecular formula is C19H34. The SMILES string of the molecule is C=CC.CC.C\C=C/C=C(C)\C(=C/C)C(\C)=C\CC. The van der Waals surface area contributed by atoms with Gasteiger partial charge >= 0.3 is 0 Å². The monoisotopic (exact) mass is 262 g/mol. The quantitative estimate of drug-likeness (QED) is 0.377. The van der Waals surface area contributed by atoms with Gasteiger partial charge in [-0.3, -0.25) is 0 Å². The summed E-state index contributed by atoms with van der Waals surface area (Å²) in [5, 5.41) is 0. The summed E-state index contributed by atoms with van der Waals surface area (Å²) in [5.74, 6) is 0. The molecule has 0 amide bonds. The highest BCUT2D eigenvalue weighted by atomic mass is 14.0. The molecule has 0 unspecified atom stereocenters. The first-order valence-electron chi connectivity index (χ1n) is 7.29. The molecule has 0 nitrogen and oxygen atoms in total. The van der Waals surface area contributed by atoms with Crippen molar-refractivity contribution in [1.82, 2.24) is 0 Å². The second-order valence-corrected chi connectivity index (χ2v) is 3.78. The molecule has 0 aliphatic heterocycles. The first kappa shape index (κ1) is 22.8. The van der Waals surface area contributed by atoms with Crippen molar-refractivity contribution in [3.05, 3.63) is 59.8 Å². The van der Waals surface area contributed by atoms with E-state index < -0.39 is 0 Å². The molecule has 0 N–H and O–H groups in total. The van der Waals surface area contributed by atoms with Crippen LogP contribution in [0, 0.1) is 0 Å². The minimum Gasteiger partial charge on any atom is -0.103 e. The number of allylic oxidation sites excluding steroid dienone is 9. The van der Waals surface area contributed by atoms with Gasteiger partial charge in [0, 0.05) is 0 Å². The fourth-order valence-electron chi connectivity index (χ4n) is 1.51. The molecule has 0 bridgehead atoms. The molecule has 19 heavy (non-hydrogen) atoms. The Morgan fingerprint density at radius 3 is 1.79 bits per heavy atom. The van der Waals surface area contributed by atoms with Crippen molar-refractivity contribution in [2.24, 2.45) is 0 Å². The van der Waals surface area contributed by atoms with Crippen LogP contribution in [-0.4, -0.2) is 0 Å². The van der Waals surface area contributed by atoms with E-state index in [1.54, 1.807) is 6.08 Å². The van der Waals surface area contributed by atoms with Gasteiger partial charge in [0.05, 0.1) is 0 Å². The van der Waals surface area contributed by atoms with Crippen molar-refractivity contribution in [3.63, 3.8) is 0 Å². The third kappa shape index (κ3) is 14.6. The average molecular weight is 262 g/mol. The van der Waals surface area contributed by atoms with Gasteiger partial charge in [-0.15, -0.1) is 6.58 Å². The summed E-state index contributed by atoms with van der Waals surface area (Å²) in [6, 6.07) is 0. The lowest BCUT2D eigenvalue weighted by molar-refractivity contribution is 1.17. The van der Waals surface area contributed by atoms with Crippen LogP contribution in [0.3, 0.4) is 0 Å². The molecule has 0 aromatic rings. The van der Waals surface area contributed by atoms with Crippen molar-refractivity contribution in [3.8, 4) is 0 Å². The highest BCUT2D eigenvalue weighted by Gasteiger charge is 1.99. The molecular weight excluding hydrogens is 228 g/mol. The van der Waals surface area contributed by atoms with Crippen LogP contribution in [0.2, 0.25) is 0 Å². The summed E-state index contributed by atoms with van der Waals surface area (Å²) in [6.45, 7) is 19.9. The predicted molar refractivity (Wildman–Crippen MR) is 93.6 cm³/mol. The molecule has 0 heterocycles. The van der Waals surface area contributed by atoms with Gasteiger partial charge in [-0.25, -0.2) is 0 Å². The maximum Gasteiger partial charge on any atom is -0.0244 e. The van der Waals surface area contributed by atoms with Crippen molar-refractivity contribution < 1.29 is 0 Å². The van der Waals surface area contributed by atoms with Gasteiger partial charge < -0.3 is 0 Å². The lowest BCUT2D eigenvalue weighted by atomic mass is 9.99. The Labute approximate surface area is 122 Å². The van der Waals surface area contributed by atoms with Crippen LogP contribution in [0.4, 0.5) is 0 Å². The molecule has 0 radical (unpaired) electrons. The van der Waals surface area contributed by atoms with Gasteiger partial charge in [-0.1, -0.05) is 57.2 Å². The molecule has 110 valence electrons. The van der Waals surface area contributed by atoms with Crippen LogP contribution >= 0.6 is 0 Å². The highest BCUT2D eigenvalue weighted by molar-refractivity contribution is 5.45. The summed E-state index contributed by atoms with van der Waals surface area (Å²) in [5.41, 5.74) is 4.05. The Bertz CT molecular complexity index is 309. The molecule has 0 aliphatic rings. The smallest absolute Gasteiger partial charge is 0.0244 e. The van der Waals surface area contributed by atoms with Crippen molar-refractivity contribution in [1.29, 1.82) is 0 Å². The Kier molecular flexibility index (Phi) is 22.9. The highest BCUT2D eigenvalue weighted by Crippen LogP contribution is 2.19. The van der Waals surface area contributed by atoms with Crippen molar-refractivity contribution in [2.75, 3.05) is 0 Å². The fraction of sp³-hybridized carbons (Fsp3) is 0.474. The third-order valence-electron chi connectivity index (χ3n) is 2.19. The van der Waals surface area contributed by atoms with Crippen LogP contribution in [0.25, 0.3) is 0 Å². The van der Waals surface area contributed by atoms with E-state index in [-0.39, 0.29) is 0 Å². The van der Waals surface area contributed by atoms with E-state index >= 15 is 0 Å². The average Bonchev–Trinajstić information content (AvgIpc) is 2.40. The van der Waals surface area contributed by atoms with Gasteiger partial charge in [-0.2, -0.15) is 0 Å². The fourth-order valence-corrected chi connectivity index (χ4v) is 1.51. The zero-order chi connectivity index (χ0) is 15.7. The lowest BCUT2D eigenvalue weighted by Crippen LogP contribution is -1.87. The van der Waals surface area contributed by atoms with Crippen LogP contribution in [-0.2, 0) is 0 Å². The van der Waals surface area contributed by atoms with Crippen LogP contribution in [0.5, 0.6) is 0 Å². The van der Waals surface area contributed by atoms with Crippen LogP contribution < -0.4 is 0 Å². The molecule has 0 atom stereocenters. The molecule has 0 aromatic carbocycles. The summed E-state index contributed by atoms with van der Waals surface area (Å²) in [4.78, 5) is 0. The van der Waals surface area contributed by atoms with E-state index in [1.165, 1.54) is 16.7 Å². The normalized spacial score (nSPS) is 12.3. The second-order valence-electron chi connectivity index (χ2n) is 3.78. The van der Waals surface area contributed by atoms with Crippen LogP contribution in [0.1, 0.15) is 61.8 Å². The molecule has 0 aliphatic carbocycles. The Morgan fingerprint density at radius 2 is 1.47 bits per heavy atom. The maximum absolute atomic E-state index is 3.36. The summed E-state index contributed by atoms with van der Waals surface area (Å²) in [7, 11) is 0. The van der Waals surface area contributed by atoms with E-state index in [4.69, 9.17) is 0 Å². The third-order valence-corrected chi connectivity index (χ3v) is 2.19. The van der Waals surface area contributed by atoms with Gasteiger partial charge in [0.2, 0.25) is 0 Å². The maximum atomic E-state index is 3.36. The molecule has 0 saturated carbocycles. The van der Waals surface area contributed by atoms with E-state index in [1.807, 2.05) is 27.7 Å². The van der Waals surface area contributed by atoms with Gasteiger partial charge in [-0.05, 0) is 57.8 Å². The number of hydrogen-bond donors (Lipinski definition) is 0. The minimum absolute atomic E-state index is 1.10. The van der Waals surface area contributed by atoms with Crippen molar-refractivity contribution >= 4 is 0 Å². The lowest BCUT2D eigenvalue weighted by Gasteiger charge is -2.07. The standard InChI is InChI=1S/C14H22.C3H6.C2H6/c1-6-9-11-13(5)14(8-3)12(4)10-7-2;1-3-2;1-2/h6,8-11H,7H2,1-5H3;3H,1H2,2H3;1-2H3/b9-6-,12-10+,13-11-,14-8-;;. The minimum atomic E-state index is 1.10. The largest absolute Gasteiger partial charge is 0.103 e. The topological polar surface area (TPSA) is 0 Å². The zero-order valence-corrected chi connectivity index (χ0v) is 14.4. The zero-order valence-electron chi connectivity index (χ0n) is 14.4. The Morgan fingerprint density at radius 1 is 1.00 bits per heavy atom.